The van der Waals surface area contributed by atoms with Gasteiger partial charge in [0.05, 0.1) is 11.4 Å². The summed E-state index contributed by atoms with van der Waals surface area (Å²) in [6.07, 6.45) is 4.90. The first-order valence-electron chi connectivity index (χ1n) is 10.6. The maximum absolute atomic E-state index is 3.78. The number of hydrogen-bond donors (Lipinski definition) is 1. The predicted octanol–water partition coefficient (Wildman–Crippen LogP) is 6.03. The van der Waals surface area contributed by atoms with E-state index >= 15 is 0 Å². The van der Waals surface area contributed by atoms with Crippen molar-refractivity contribution < 1.29 is 0 Å². The van der Waals surface area contributed by atoms with Crippen LogP contribution in [-0.2, 0) is 0 Å². The molecule has 0 spiro atoms. The lowest BCUT2D eigenvalue weighted by Crippen LogP contribution is -2.39. The van der Waals surface area contributed by atoms with Gasteiger partial charge in [-0.25, -0.2) is 0 Å². The van der Waals surface area contributed by atoms with Gasteiger partial charge in [-0.3, -0.25) is 0 Å². The van der Waals surface area contributed by atoms with Crippen LogP contribution >= 0.6 is 0 Å². The van der Waals surface area contributed by atoms with Crippen molar-refractivity contribution in [3.63, 3.8) is 0 Å². The summed E-state index contributed by atoms with van der Waals surface area (Å²) >= 11 is 0. The van der Waals surface area contributed by atoms with Crippen molar-refractivity contribution in [1.82, 2.24) is 0 Å². The average molecular weight is 371 g/mol. The van der Waals surface area contributed by atoms with Gasteiger partial charge in [-0.2, -0.15) is 0 Å². The molecule has 0 bridgehead atoms. The van der Waals surface area contributed by atoms with Crippen LogP contribution in [0.4, 0.5) is 17.1 Å². The van der Waals surface area contributed by atoms with Gasteiger partial charge in [0.15, 0.2) is 0 Å². The monoisotopic (exact) mass is 370 g/mol. The van der Waals surface area contributed by atoms with Crippen LogP contribution in [0.2, 0.25) is 0 Å². The highest BCUT2D eigenvalue weighted by Gasteiger charge is 2.33. The Balaban J connectivity index is 1.24. The van der Waals surface area contributed by atoms with Crippen molar-refractivity contribution in [2.45, 2.75) is 44.7 Å². The van der Waals surface area contributed by atoms with Crippen LogP contribution in [0.5, 0.6) is 0 Å². The fourth-order valence-electron chi connectivity index (χ4n) is 4.76. The second kappa shape index (κ2) is 7.38. The minimum absolute atomic E-state index is 0.567. The van der Waals surface area contributed by atoms with Crippen molar-refractivity contribution in [3.8, 4) is 0 Å². The molecule has 143 valence electrons. The Hall–Kier alpha value is -2.68. The van der Waals surface area contributed by atoms with Crippen molar-refractivity contribution in [2.75, 3.05) is 21.7 Å². The molecule has 0 saturated heterocycles. The number of fused-ring (bicyclic) bond motifs is 2. The summed E-state index contributed by atoms with van der Waals surface area (Å²) in [5, 5.41) is 6.40. The molecule has 0 aromatic heterocycles. The van der Waals surface area contributed by atoms with E-state index in [1.807, 2.05) is 0 Å². The number of nitrogens with one attached hydrogen (secondary N) is 1. The number of rotatable bonds is 4. The van der Waals surface area contributed by atoms with E-state index in [9.17, 15) is 0 Å². The second-order valence-electron chi connectivity index (χ2n) is 8.01. The van der Waals surface area contributed by atoms with Crippen LogP contribution in [-0.4, -0.2) is 18.6 Å². The molecule has 0 unspecified atom stereocenters. The molecule has 1 radical (unpaired) electrons. The zero-order valence-corrected chi connectivity index (χ0v) is 16.5. The topological polar surface area (TPSA) is 18.5 Å². The predicted molar refractivity (Wildman–Crippen MR) is 120 cm³/mol. The molecule has 1 aliphatic carbocycles. The molecule has 28 heavy (non-hydrogen) atoms. The maximum atomic E-state index is 3.78. The highest BCUT2D eigenvalue weighted by molar-refractivity contribution is 5.85. The summed E-state index contributed by atoms with van der Waals surface area (Å²) in [7, 11) is 0. The van der Waals surface area contributed by atoms with Gasteiger partial charge in [0.1, 0.15) is 6.67 Å². The van der Waals surface area contributed by atoms with Crippen LogP contribution in [0.15, 0.2) is 66.7 Å². The van der Waals surface area contributed by atoms with Crippen LogP contribution in [0.3, 0.4) is 0 Å². The van der Waals surface area contributed by atoms with Gasteiger partial charge in [0, 0.05) is 24.3 Å². The minimum Gasteiger partial charge on any atom is -0.382 e. The summed E-state index contributed by atoms with van der Waals surface area (Å²) in [5.74, 6) is 0. The van der Waals surface area contributed by atoms with Crippen molar-refractivity contribution in [3.05, 3.63) is 73.4 Å². The number of benzene rings is 3. The molecule has 3 heteroatoms. The summed E-state index contributed by atoms with van der Waals surface area (Å²) in [5.41, 5.74) is 3.97. The normalized spacial score (nSPS) is 21.8. The van der Waals surface area contributed by atoms with E-state index in [1.165, 1.54) is 53.5 Å². The van der Waals surface area contributed by atoms with E-state index in [0.29, 0.717) is 12.1 Å². The van der Waals surface area contributed by atoms with Gasteiger partial charge in [0.25, 0.3) is 0 Å². The van der Waals surface area contributed by atoms with E-state index in [0.717, 1.165) is 6.54 Å². The molecule has 3 nitrogen and oxygen atoms in total. The van der Waals surface area contributed by atoms with Crippen LogP contribution < -0.4 is 15.1 Å². The first-order valence-corrected chi connectivity index (χ1v) is 10.6. The summed E-state index contributed by atoms with van der Waals surface area (Å²) in [4.78, 5) is 4.89. The Labute approximate surface area is 168 Å². The van der Waals surface area contributed by atoms with Crippen molar-refractivity contribution in [1.29, 1.82) is 0 Å². The standard InChI is InChI=1S/C25H28N3/c1-2-27-18-28(25-10-6-5-9-24(25)27)23-15-13-21(14-16-23)26-22-12-11-19-7-3-4-8-20(19)17-22/h3-12,17-18,21,23,26H,2,13-16H2,1H3. The number of para-hydroxylation sites is 2. The molecule has 5 rings (SSSR count). The van der Waals surface area contributed by atoms with Gasteiger partial charge < -0.3 is 15.1 Å². The van der Waals surface area contributed by atoms with Crippen LogP contribution in [0, 0.1) is 6.67 Å². The smallest absolute Gasteiger partial charge is 0.142 e. The molecule has 3 aromatic rings. The second-order valence-corrected chi connectivity index (χ2v) is 8.01. The molecule has 1 aliphatic heterocycles. The third-order valence-electron chi connectivity index (χ3n) is 6.28. The first-order chi connectivity index (χ1) is 13.8. The van der Waals surface area contributed by atoms with Crippen LogP contribution in [0.1, 0.15) is 32.6 Å². The molecular formula is C25H28N3. The Bertz CT molecular complexity index is 959. The quantitative estimate of drug-likeness (QED) is 0.605. The summed E-state index contributed by atoms with van der Waals surface area (Å²) in [6, 6.07) is 25.3. The summed E-state index contributed by atoms with van der Waals surface area (Å²) < 4.78 is 0. The van der Waals surface area contributed by atoms with Gasteiger partial charge in [0.2, 0.25) is 0 Å². The Morgan fingerprint density at radius 2 is 1.54 bits per heavy atom. The first kappa shape index (κ1) is 17.4. The lowest BCUT2D eigenvalue weighted by molar-refractivity contribution is 0.401. The van der Waals surface area contributed by atoms with Crippen molar-refractivity contribution in [2.24, 2.45) is 0 Å². The fourth-order valence-corrected chi connectivity index (χ4v) is 4.76. The molecular weight excluding hydrogens is 342 g/mol. The summed E-state index contributed by atoms with van der Waals surface area (Å²) in [6.45, 7) is 5.57. The fraction of sp³-hybridized carbons (Fsp3) is 0.320. The molecule has 1 saturated carbocycles. The minimum atomic E-state index is 0.567. The van der Waals surface area contributed by atoms with Crippen molar-refractivity contribution >= 4 is 27.8 Å². The lowest BCUT2D eigenvalue weighted by Gasteiger charge is -2.36. The van der Waals surface area contributed by atoms with Gasteiger partial charge in [-0.15, -0.1) is 0 Å². The Kier molecular flexibility index (Phi) is 4.59. The van der Waals surface area contributed by atoms with Gasteiger partial charge in [-0.1, -0.05) is 42.5 Å². The molecule has 1 N–H and O–H groups in total. The largest absolute Gasteiger partial charge is 0.382 e. The molecule has 1 fully saturated rings. The Morgan fingerprint density at radius 1 is 0.821 bits per heavy atom. The lowest BCUT2D eigenvalue weighted by atomic mass is 9.90. The number of hydrogen-bond acceptors (Lipinski definition) is 3. The zero-order valence-electron chi connectivity index (χ0n) is 16.5. The molecule has 1 heterocycles. The highest BCUT2D eigenvalue weighted by atomic mass is 15.4. The maximum Gasteiger partial charge on any atom is 0.142 e. The zero-order chi connectivity index (χ0) is 18.9. The van der Waals surface area contributed by atoms with E-state index in [4.69, 9.17) is 0 Å². The average Bonchev–Trinajstić information content (AvgIpc) is 3.13. The Morgan fingerprint density at radius 3 is 2.32 bits per heavy atom. The highest BCUT2D eigenvalue weighted by Crippen LogP contribution is 2.41. The number of nitrogens with zero attached hydrogens (tertiary/aromatic N) is 2. The van der Waals surface area contributed by atoms with Gasteiger partial charge in [-0.05, 0) is 67.6 Å². The van der Waals surface area contributed by atoms with E-state index in [1.54, 1.807) is 0 Å². The third kappa shape index (κ3) is 3.19. The third-order valence-corrected chi connectivity index (χ3v) is 6.28. The number of anilines is 3. The SMILES string of the molecule is CCN1[CH]N(C2CCC(Nc3ccc4ccccc4c3)CC2)c2ccccc21. The van der Waals surface area contributed by atoms with Crippen LogP contribution in [0.25, 0.3) is 10.8 Å². The molecule has 3 aromatic carbocycles. The molecule has 0 amide bonds. The molecule has 2 aliphatic rings. The van der Waals surface area contributed by atoms with E-state index in [2.05, 4.69) is 95.4 Å². The van der Waals surface area contributed by atoms with Gasteiger partial charge >= 0.3 is 0 Å². The van der Waals surface area contributed by atoms with E-state index < -0.39 is 0 Å². The van der Waals surface area contributed by atoms with E-state index in [-0.39, 0.29) is 0 Å². The molecule has 0 atom stereocenters.